The molecular formula is C16H29F3IN5S. The van der Waals surface area contributed by atoms with Crippen LogP contribution in [0, 0.1) is 0 Å². The van der Waals surface area contributed by atoms with Crippen LogP contribution in [0.4, 0.5) is 13.2 Å². The third kappa shape index (κ3) is 9.91. The lowest BCUT2D eigenvalue weighted by atomic mass is 10.3. The smallest absolute Gasteiger partial charge is 0.357 e. The van der Waals surface area contributed by atoms with Gasteiger partial charge in [-0.2, -0.15) is 13.2 Å². The van der Waals surface area contributed by atoms with Crippen molar-refractivity contribution in [2.45, 2.75) is 46.3 Å². The van der Waals surface area contributed by atoms with E-state index in [1.165, 1.54) is 0 Å². The van der Waals surface area contributed by atoms with Crippen molar-refractivity contribution in [1.29, 1.82) is 0 Å². The predicted molar refractivity (Wildman–Crippen MR) is 112 cm³/mol. The first-order chi connectivity index (χ1) is 11.9. The summed E-state index contributed by atoms with van der Waals surface area (Å²) >= 11 is 0.977. The number of unbranched alkanes of at least 4 members (excludes halogenated alkanes) is 1. The Labute approximate surface area is 174 Å². The van der Waals surface area contributed by atoms with Gasteiger partial charge in [-0.3, -0.25) is 0 Å². The zero-order valence-electron chi connectivity index (χ0n) is 15.5. The minimum Gasteiger partial charge on any atom is -0.357 e. The third-order valence-electron chi connectivity index (χ3n) is 3.65. The van der Waals surface area contributed by atoms with E-state index in [1.807, 2.05) is 6.92 Å². The molecule has 0 radical (unpaired) electrons. The highest BCUT2D eigenvalue weighted by Crippen LogP contribution is 2.30. The average Bonchev–Trinajstić information content (AvgIpc) is 3.05. The van der Waals surface area contributed by atoms with Crippen molar-refractivity contribution in [2.75, 3.05) is 32.7 Å². The molecule has 5 nitrogen and oxygen atoms in total. The van der Waals surface area contributed by atoms with E-state index < -0.39 is 11.9 Å². The molecule has 0 aliphatic carbocycles. The summed E-state index contributed by atoms with van der Waals surface area (Å²) in [6.45, 7) is 11.0. The standard InChI is InChI=1S/C16H28F3N5S.HI/c1-4-20-15(21-9-7-8-10-24(5-2)6-3)22-11-14-23-13(12-25-14)16(17,18)19;/h12H,4-11H2,1-3H3,(H2,20,21,22);1H. The number of halogens is 4. The molecule has 0 aromatic carbocycles. The van der Waals surface area contributed by atoms with Crippen molar-refractivity contribution in [1.82, 2.24) is 20.5 Å². The van der Waals surface area contributed by atoms with Crippen LogP contribution in [0.5, 0.6) is 0 Å². The van der Waals surface area contributed by atoms with Crippen LogP contribution >= 0.6 is 35.3 Å². The molecule has 2 N–H and O–H groups in total. The monoisotopic (exact) mass is 507 g/mol. The van der Waals surface area contributed by atoms with Gasteiger partial charge in [0.05, 0.1) is 6.54 Å². The van der Waals surface area contributed by atoms with Crippen molar-refractivity contribution in [3.8, 4) is 0 Å². The summed E-state index contributed by atoms with van der Waals surface area (Å²) in [4.78, 5) is 10.3. The van der Waals surface area contributed by atoms with E-state index in [0.717, 1.165) is 55.7 Å². The molecule has 0 saturated carbocycles. The Balaban J connectivity index is 0.00000625. The summed E-state index contributed by atoms with van der Waals surface area (Å²) in [5.74, 6) is 0.606. The zero-order chi connectivity index (χ0) is 18.7. The van der Waals surface area contributed by atoms with E-state index in [9.17, 15) is 13.2 Å². The Morgan fingerprint density at radius 1 is 1.19 bits per heavy atom. The van der Waals surface area contributed by atoms with E-state index in [1.54, 1.807) is 0 Å². The number of thiazole rings is 1. The van der Waals surface area contributed by atoms with E-state index in [2.05, 4.69) is 39.4 Å². The van der Waals surface area contributed by atoms with Gasteiger partial charge in [0, 0.05) is 18.5 Å². The highest BCUT2D eigenvalue weighted by atomic mass is 127. The maximum Gasteiger partial charge on any atom is 0.434 e. The van der Waals surface area contributed by atoms with E-state index >= 15 is 0 Å². The molecule has 0 aliphatic rings. The summed E-state index contributed by atoms with van der Waals surface area (Å²) in [6.07, 6.45) is -2.29. The van der Waals surface area contributed by atoms with Gasteiger partial charge in [-0.15, -0.1) is 35.3 Å². The van der Waals surface area contributed by atoms with Crippen molar-refractivity contribution < 1.29 is 13.2 Å². The minimum absolute atomic E-state index is 0. The third-order valence-corrected chi connectivity index (χ3v) is 4.48. The molecule has 0 amide bonds. The molecule has 0 atom stereocenters. The highest BCUT2D eigenvalue weighted by molar-refractivity contribution is 14.0. The fraction of sp³-hybridized carbons (Fsp3) is 0.750. The summed E-state index contributed by atoms with van der Waals surface area (Å²) in [7, 11) is 0. The maximum absolute atomic E-state index is 12.5. The molecule has 26 heavy (non-hydrogen) atoms. The average molecular weight is 507 g/mol. The molecule has 1 rings (SSSR count). The van der Waals surface area contributed by atoms with Crippen LogP contribution in [0.1, 0.15) is 44.3 Å². The fourth-order valence-corrected chi connectivity index (χ4v) is 2.93. The topological polar surface area (TPSA) is 52.6 Å². The number of aromatic nitrogens is 1. The van der Waals surface area contributed by atoms with Crippen LogP contribution in [-0.2, 0) is 12.7 Å². The number of nitrogens with zero attached hydrogens (tertiary/aromatic N) is 3. The number of guanidine groups is 1. The van der Waals surface area contributed by atoms with Gasteiger partial charge in [0.2, 0.25) is 0 Å². The molecule has 1 aromatic rings. The molecule has 1 heterocycles. The summed E-state index contributed by atoms with van der Waals surface area (Å²) in [6, 6.07) is 0. The van der Waals surface area contributed by atoms with E-state index in [-0.39, 0.29) is 30.5 Å². The van der Waals surface area contributed by atoms with Crippen molar-refractivity contribution in [3.63, 3.8) is 0 Å². The van der Waals surface area contributed by atoms with Gasteiger partial charge in [-0.1, -0.05) is 13.8 Å². The molecule has 0 aliphatic heterocycles. The predicted octanol–water partition coefficient (Wildman–Crippen LogP) is 3.96. The molecule has 0 bridgehead atoms. The van der Waals surface area contributed by atoms with Crippen LogP contribution in [-0.4, -0.2) is 48.6 Å². The van der Waals surface area contributed by atoms with E-state index in [0.29, 0.717) is 17.5 Å². The first kappa shape index (κ1) is 25.4. The second kappa shape index (κ2) is 13.5. The molecule has 152 valence electrons. The summed E-state index contributed by atoms with van der Waals surface area (Å²) in [5, 5.41) is 7.69. The Kier molecular flexibility index (Phi) is 13.2. The normalized spacial score (nSPS) is 12.2. The first-order valence-corrected chi connectivity index (χ1v) is 9.54. The van der Waals surface area contributed by atoms with Crippen LogP contribution in [0.25, 0.3) is 0 Å². The second-order valence-electron chi connectivity index (χ2n) is 5.48. The minimum atomic E-state index is -4.40. The molecule has 1 aromatic heterocycles. The fourth-order valence-electron chi connectivity index (χ4n) is 2.21. The number of hydrogen-bond acceptors (Lipinski definition) is 4. The quantitative estimate of drug-likeness (QED) is 0.218. The van der Waals surface area contributed by atoms with Crippen LogP contribution in [0.15, 0.2) is 10.4 Å². The number of aliphatic imine (C=N–C) groups is 1. The van der Waals surface area contributed by atoms with Gasteiger partial charge >= 0.3 is 6.18 Å². The van der Waals surface area contributed by atoms with Gasteiger partial charge < -0.3 is 15.5 Å². The van der Waals surface area contributed by atoms with Crippen molar-refractivity contribution >= 4 is 41.3 Å². The largest absolute Gasteiger partial charge is 0.434 e. The van der Waals surface area contributed by atoms with Crippen LogP contribution in [0.3, 0.4) is 0 Å². The van der Waals surface area contributed by atoms with Crippen molar-refractivity contribution in [3.05, 3.63) is 16.1 Å². The molecular weight excluding hydrogens is 478 g/mol. The number of hydrogen-bond donors (Lipinski definition) is 2. The maximum atomic E-state index is 12.5. The lowest BCUT2D eigenvalue weighted by molar-refractivity contribution is -0.140. The summed E-state index contributed by atoms with van der Waals surface area (Å²) in [5.41, 5.74) is -0.850. The van der Waals surface area contributed by atoms with Gasteiger partial charge in [0.15, 0.2) is 11.7 Å². The summed E-state index contributed by atoms with van der Waals surface area (Å²) < 4.78 is 37.6. The lowest BCUT2D eigenvalue weighted by Gasteiger charge is -2.17. The first-order valence-electron chi connectivity index (χ1n) is 8.66. The second-order valence-corrected chi connectivity index (χ2v) is 6.42. The number of alkyl halides is 3. The van der Waals surface area contributed by atoms with Gasteiger partial charge in [-0.25, -0.2) is 9.98 Å². The van der Waals surface area contributed by atoms with Gasteiger partial charge in [0.1, 0.15) is 5.01 Å². The Morgan fingerprint density at radius 2 is 1.88 bits per heavy atom. The Morgan fingerprint density at radius 3 is 2.42 bits per heavy atom. The van der Waals surface area contributed by atoms with Crippen molar-refractivity contribution in [2.24, 2.45) is 4.99 Å². The Hall–Kier alpha value is -0.620. The molecule has 10 heteroatoms. The van der Waals surface area contributed by atoms with Gasteiger partial charge in [0.25, 0.3) is 0 Å². The van der Waals surface area contributed by atoms with Crippen LogP contribution < -0.4 is 10.6 Å². The van der Waals surface area contributed by atoms with Crippen LogP contribution in [0.2, 0.25) is 0 Å². The number of nitrogens with one attached hydrogen (secondary N) is 2. The van der Waals surface area contributed by atoms with E-state index in [4.69, 9.17) is 0 Å². The Bertz CT molecular complexity index is 518. The zero-order valence-corrected chi connectivity index (χ0v) is 18.7. The van der Waals surface area contributed by atoms with Gasteiger partial charge in [-0.05, 0) is 39.4 Å². The molecule has 0 saturated heterocycles. The highest BCUT2D eigenvalue weighted by Gasteiger charge is 2.33. The SMILES string of the molecule is CCNC(=NCc1nc(C(F)(F)F)cs1)NCCCCN(CC)CC.I. The number of rotatable bonds is 10. The molecule has 0 spiro atoms. The molecule has 0 unspecified atom stereocenters. The molecule has 0 fully saturated rings. The lowest BCUT2D eigenvalue weighted by Crippen LogP contribution is -2.38.